The number of rotatable bonds is 5. The summed E-state index contributed by atoms with van der Waals surface area (Å²) in [6.07, 6.45) is 4.01. The molecule has 0 bridgehead atoms. The molecule has 0 aliphatic heterocycles. The zero-order valence-electron chi connectivity index (χ0n) is 12.2. The fourth-order valence-corrected chi connectivity index (χ4v) is 2.35. The van der Waals surface area contributed by atoms with E-state index >= 15 is 0 Å². The normalized spacial score (nSPS) is 12.6. The molecule has 0 saturated heterocycles. The number of aromatic nitrogens is 1. The molecule has 1 aromatic carbocycles. The first-order chi connectivity index (χ1) is 9.63. The molecule has 0 aliphatic carbocycles. The maximum Gasteiger partial charge on any atom is 0.307 e. The number of nitrogens with zero attached hydrogens (tertiary/aromatic N) is 2. The van der Waals surface area contributed by atoms with Crippen molar-refractivity contribution in [2.75, 3.05) is 20.7 Å². The van der Waals surface area contributed by atoms with Gasteiger partial charge in [-0.05, 0) is 32.0 Å². The van der Waals surface area contributed by atoms with E-state index in [1.54, 1.807) is 0 Å². The van der Waals surface area contributed by atoms with Crippen LogP contribution in [0.1, 0.15) is 24.9 Å². The van der Waals surface area contributed by atoms with E-state index in [4.69, 9.17) is 4.74 Å². The fraction of sp³-hybridized carbons (Fsp3) is 0.375. The number of benzene rings is 1. The molecule has 0 spiro atoms. The van der Waals surface area contributed by atoms with Crippen molar-refractivity contribution in [1.29, 1.82) is 0 Å². The average Bonchev–Trinajstić information content (AvgIpc) is 2.44. The first-order valence-electron chi connectivity index (χ1n) is 6.78. The van der Waals surface area contributed by atoms with Gasteiger partial charge in [-0.25, -0.2) is 0 Å². The summed E-state index contributed by atoms with van der Waals surface area (Å²) in [4.78, 5) is 18.1. The maximum absolute atomic E-state index is 11.8. The Labute approximate surface area is 119 Å². The van der Waals surface area contributed by atoms with Gasteiger partial charge in [0.1, 0.15) is 0 Å². The van der Waals surface area contributed by atoms with Crippen molar-refractivity contribution in [3.05, 3.63) is 42.2 Å². The lowest BCUT2D eigenvalue weighted by molar-refractivity contribution is -0.144. The van der Waals surface area contributed by atoms with Crippen molar-refractivity contribution in [3.8, 4) is 0 Å². The van der Waals surface area contributed by atoms with E-state index in [0.29, 0.717) is 13.0 Å². The molecule has 4 nitrogen and oxygen atoms in total. The predicted molar refractivity (Wildman–Crippen MR) is 79.4 cm³/mol. The van der Waals surface area contributed by atoms with Crippen LogP contribution in [0.2, 0.25) is 0 Å². The summed E-state index contributed by atoms with van der Waals surface area (Å²) in [5, 5.41) is 2.21. The molecule has 1 atom stereocenters. The highest BCUT2D eigenvalue weighted by Gasteiger charge is 2.21. The third kappa shape index (κ3) is 3.14. The second-order valence-electron chi connectivity index (χ2n) is 4.94. The molecule has 0 radical (unpaired) electrons. The molecule has 1 heterocycles. The second kappa shape index (κ2) is 6.48. The Balaban J connectivity index is 2.39. The Morgan fingerprint density at radius 3 is 2.75 bits per heavy atom. The van der Waals surface area contributed by atoms with Crippen molar-refractivity contribution < 1.29 is 9.53 Å². The summed E-state index contributed by atoms with van der Waals surface area (Å²) in [6.45, 7) is 2.23. The standard InChI is InChI=1S/C16H20N2O2/c1-4-20-16(19)9-15(18(2)3)14-11-17-10-12-7-5-6-8-13(12)14/h5-8,10-11,15H,4,9H2,1-3H3. The van der Waals surface area contributed by atoms with Gasteiger partial charge in [-0.3, -0.25) is 9.78 Å². The third-order valence-corrected chi connectivity index (χ3v) is 3.35. The molecule has 1 unspecified atom stereocenters. The van der Waals surface area contributed by atoms with Crippen molar-refractivity contribution in [2.45, 2.75) is 19.4 Å². The first kappa shape index (κ1) is 14.5. The van der Waals surface area contributed by atoms with Crippen molar-refractivity contribution in [1.82, 2.24) is 9.88 Å². The van der Waals surface area contributed by atoms with Crippen molar-refractivity contribution in [3.63, 3.8) is 0 Å². The number of ether oxygens (including phenoxy) is 1. The molecule has 0 amide bonds. The Morgan fingerprint density at radius 2 is 2.05 bits per heavy atom. The number of carbonyl (C=O) groups excluding carboxylic acids is 1. The Hall–Kier alpha value is -1.94. The fourth-order valence-electron chi connectivity index (χ4n) is 2.35. The molecule has 2 aromatic rings. The molecule has 0 saturated carbocycles. The molecular formula is C16H20N2O2. The topological polar surface area (TPSA) is 42.4 Å². The zero-order valence-corrected chi connectivity index (χ0v) is 12.2. The van der Waals surface area contributed by atoms with Crippen LogP contribution in [-0.2, 0) is 9.53 Å². The van der Waals surface area contributed by atoms with Gasteiger partial charge in [0.2, 0.25) is 0 Å². The van der Waals surface area contributed by atoms with Crippen LogP contribution in [-0.4, -0.2) is 36.6 Å². The van der Waals surface area contributed by atoms with Crippen LogP contribution >= 0.6 is 0 Å². The van der Waals surface area contributed by atoms with Crippen LogP contribution in [0, 0.1) is 0 Å². The SMILES string of the molecule is CCOC(=O)CC(c1cncc2ccccc12)N(C)C. The summed E-state index contributed by atoms with van der Waals surface area (Å²) < 4.78 is 5.07. The Bertz CT molecular complexity index is 591. The number of hydrogen-bond acceptors (Lipinski definition) is 4. The van der Waals surface area contributed by atoms with Crippen LogP contribution in [0.3, 0.4) is 0 Å². The van der Waals surface area contributed by atoms with Crippen molar-refractivity contribution in [2.24, 2.45) is 0 Å². The van der Waals surface area contributed by atoms with Crippen LogP contribution in [0.5, 0.6) is 0 Å². The van der Waals surface area contributed by atoms with Gasteiger partial charge < -0.3 is 9.64 Å². The van der Waals surface area contributed by atoms with Gasteiger partial charge in [-0.1, -0.05) is 24.3 Å². The number of pyridine rings is 1. The molecule has 20 heavy (non-hydrogen) atoms. The number of fused-ring (bicyclic) bond motifs is 1. The van der Waals surface area contributed by atoms with Gasteiger partial charge in [-0.2, -0.15) is 0 Å². The molecule has 0 fully saturated rings. The quantitative estimate of drug-likeness (QED) is 0.785. The highest BCUT2D eigenvalue weighted by molar-refractivity contribution is 5.85. The van der Waals surface area contributed by atoms with E-state index in [1.165, 1.54) is 0 Å². The predicted octanol–water partition coefficient (Wildman–Crippen LogP) is 2.79. The molecule has 2 rings (SSSR count). The van der Waals surface area contributed by atoms with Gasteiger partial charge in [0, 0.05) is 23.8 Å². The lowest BCUT2D eigenvalue weighted by atomic mass is 9.98. The summed E-state index contributed by atoms with van der Waals surface area (Å²) in [5.41, 5.74) is 1.06. The van der Waals surface area contributed by atoms with Crippen LogP contribution in [0.15, 0.2) is 36.7 Å². The minimum absolute atomic E-state index is 0.0346. The highest BCUT2D eigenvalue weighted by Crippen LogP contribution is 2.28. The van der Waals surface area contributed by atoms with E-state index in [2.05, 4.69) is 11.1 Å². The van der Waals surface area contributed by atoms with E-state index in [9.17, 15) is 4.79 Å². The summed E-state index contributed by atoms with van der Waals surface area (Å²) in [6, 6.07) is 8.05. The highest BCUT2D eigenvalue weighted by atomic mass is 16.5. The summed E-state index contributed by atoms with van der Waals surface area (Å²) in [7, 11) is 3.93. The van der Waals surface area contributed by atoms with E-state index in [1.807, 2.05) is 56.5 Å². The van der Waals surface area contributed by atoms with Crippen LogP contribution in [0.4, 0.5) is 0 Å². The second-order valence-corrected chi connectivity index (χ2v) is 4.94. The van der Waals surface area contributed by atoms with E-state index in [0.717, 1.165) is 16.3 Å². The number of esters is 1. The molecule has 106 valence electrons. The Morgan fingerprint density at radius 1 is 1.30 bits per heavy atom. The van der Waals surface area contributed by atoms with Gasteiger partial charge in [0.05, 0.1) is 13.0 Å². The van der Waals surface area contributed by atoms with Crippen LogP contribution in [0.25, 0.3) is 10.8 Å². The maximum atomic E-state index is 11.8. The molecule has 0 aliphatic rings. The van der Waals surface area contributed by atoms with Crippen molar-refractivity contribution >= 4 is 16.7 Å². The molecular weight excluding hydrogens is 252 g/mol. The van der Waals surface area contributed by atoms with Crippen LogP contribution < -0.4 is 0 Å². The van der Waals surface area contributed by atoms with Gasteiger partial charge in [0.25, 0.3) is 0 Å². The number of carbonyl (C=O) groups is 1. The minimum atomic E-state index is -0.181. The first-order valence-corrected chi connectivity index (χ1v) is 6.78. The Kier molecular flexibility index (Phi) is 4.69. The zero-order chi connectivity index (χ0) is 14.5. The lowest BCUT2D eigenvalue weighted by Gasteiger charge is -2.24. The third-order valence-electron chi connectivity index (χ3n) is 3.35. The van der Waals surface area contributed by atoms with E-state index in [-0.39, 0.29) is 12.0 Å². The average molecular weight is 272 g/mol. The largest absolute Gasteiger partial charge is 0.466 e. The smallest absolute Gasteiger partial charge is 0.307 e. The summed E-state index contributed by atoms with van der Waals surface area (Å²) in [5.74, 6) is -0.181. The number of hydrogen-bond donors (Lipinski definition) is 0. The van der Waals surface area contributed by atoms with Gasteiger partial charge >= 0.3 is 5.97 Å². The minimum Gasteiger partial charge on any atom is -0.466 e. The lowest BCUT2D eigenvalue weighted by Crippen LogP contribution is -2.24. The summed E-state index contributed by atoms with van der Waals surface area (Å²) >= 11 is 0. The van der Waals surface area contributed by atoms with E-state index < -0.39 is 0 Å². The van der Waals surface area contributed by atoms with Gasteiger partial charge in [-0.15, -0.1) is 0 Å². The monoisotopic (exact) mass is 272 g/mol. The van der Waals surface area contributed by atoms with Gasteiger partial charge in [0.15, 0.2) is 0 Å². The molecule has 0 N–H and O–H groups in total. The molecule has 4 heteroatoms. The molecule has 1 aromatic heterocycles.